The van der Waals surface area contributed by atoms with Crippen LogP contribution in [-0.2, 0) is 4.79 Å². The maximum absolute atomic E-state index is 12.8. The van der Waals surface area contributed by atoms with Crippen LogP contribution >= 0.6 is 11.8 Å². The van der Waals surface area contributed by atoms with E-state index in [0.29, 0.717) is 5.92 Å². The lowest BCUT2D eigenvalue weighted by atomic mass is 10.0. The maximum atomic E-state index is 12.8. The summed E-state index contributed by atoms with van der Waals surface area (Å²) in [5.41, 5.74) is 7.26. The minimum Gasteiger partial charge on any atom is -0.341 e. The van der Waals surface area contributed by atoms with Crippen molar-refractivity contribution >= 4 is 17.7 Å². The Hall–Kier alpha value is -1.00. The molecule has 0 radical (unpaired) electrons. The van der Waals surface area contributed by atoms with Crippen LogP contribution in [0.3, 0.4) is 0 Å². The van der Waals surface area contributed by atoms with Gasteiger partial charge in [0.25, 0.3) is 0 Å². The zero-order chi connectivity index (χ0) is 16.3. The number of piperidine rings is 1. The molecule has 122 valence electrons. The van der Waals surface area contributed by atoms with E-state index in [1.54, 1.807) is 11.8 Å². The minimum atomic E-state index is -0.444. The lowest BCUT2D eigenvalue weighted by Gasteiger charge is -2.35. The van der Waals surface area contributed by atoms with Gasteiger partial charge < -0.3 is 10.6 Å². The standard InChI is InChI=1S/C18H28N2OS/c1-13(2)14-5-7-16(8-6-14)22-18(3,4)17(21)20-11-9-15(19)10-12-20/h5-8,13,15H,9-12,19H2,1-4H3. The molecule has 2 N–H and O–H groups in total. The summed E-state index contributed by atoms with van der Waals surface area (Å²) >= 11 is 1.65. The Morgan fingerprint density at radius 3 is 2.27 bits per heavy atom. The zero-order valence-electron chi connectivity index (χ0n) is 14.1. The number of nitrogens with two attached hydrogens (primary N) is 1. The number of rotatable bonds is 4. The Bertz CT molecular complexity index is 502. The van der Waals surface area contributed by atoms with Crippen molar-refractivity contribution in [3.8, 4) is 0 Å². The number of likely N-dealkylation sites (tertiary alicyclic amines) is 1. The van der Waals surface area contributed by atoms with E-state index >= 15 is 0 Å². The summed E-state index contributed by atoms with van der Waals surface area (Å²) in [6, 6.07) is 8.83. The number of nitrogens with zero attached hydrogens (tertiary/aromatic N) is 1. The van der Waals surface area contributed by atoms with Crippen molar-refractivity contribution < 1.29 is 4.79 Å². The maximum Gasteiger partial charge on any atom is 0.238 e. The van der Waals surface area contributed by atoms with Crippen molar-refractivity contribution in [2.75, 3.05) is 13.1 Å². The lowest BCUT2D eigenvalue weighted by molar-refractivity contribution is -0.134. The highest BCUT2D eigenvalue weighted by Gasteiger charge is 2.34. The Morgan fingerprint density at radius 1 is 1.23 bits per heavy atom. The second-order valence-electron chi connectivity index (χ2n) is 6.97. The van der Waals surface area contributed by atoms with Crippen molar-refractivity contribution in [2.24, 2.45) is 5.73 Å². The third kappa shape index (κ3) is 4.26. The SMILES string of the molecule is CC(C)c1ccc(SC(C)(C)C(=O)N2CCC(N)CC2)cc1. The van der Waals surface area contributed by atoms with Crippen molar-refractivity contribution in [1.29, 1.82) is 0 Å². The van der Waals surface area contributed by atoms with Gasteiger partial charge in [-0.2, -0.15) is 0 Å². The first kappa shape index (κ1) is 17.4. The van der Waals surface area contributed by atoms with Gasteiger partial charge in [0.2, 0.25) is 5.91 Å². The van der Waals surface area contributed by atoms with Crippen LogP contribution in [-0.4, -0.2) is 34.7 Å². The topological polar surface area (TPSA) is 46.3 Å². The van der Waals surface area contributed by atoms with E-state index < -0.39 is 4.75 Å². The average molecular weight is 321 g/mol. The quantitative estimate of drug-likeness (QED) is 0.862. The largest absolute Gasteiger partial charge is 0.341 e. The third-order valence-corrected chi connectivity index (χ3v) is 5.45. The molecule has 1 fully saturated rings. The monoisotopic (exact) mass is 320 g/mol. The van der Waals surface area contributed by atoms with Gasteiger partial charge in [-0.25, -0.2) is 0 Å². The van der Waals surface area contributed by atoms with Crippen LogP contribution in [0.25, 0.3) is 0 Å². The molecule has 1 aromatic rings. The number of carbonyl (C=O) groups excluding carboxylic acids is 1. The Kier molecular flexibility index (Phi) is 5.56. The smallest absolute Gasteiger partial charge is 0.238 e. The fourth-order valence-corrected chi connectivity index (χ4v) is 3.82. The van der Waals surface area contributed by atoms with Crippen molar-refractivity contribution in [3.63, 3.8) is 0 Å². The highest BCUT2D eigenvalue weighted by molar-refractivity contribution is 8.01. The molecule has 0 bridgehead atoms. The molecule has 0 aliphatic carbocycles. The van der Waals surface area contributed by atoms with E-state index in [9.17, 15) is 4.79 Å². The summed E-state index contributed by atoms with van der Waals surface area (Å²) in [5, 5.41) is 0. The van der Waals surface area contributed by atoms with E-state index in [0.717, 1.165) is 30.8 Å². The molecule has 0 saturated carbocycles. The second-order valence-corrected chi connectivity index (χ2v) is 8.66. The Labute approximate surface area is 138 Å². The van der Waals surface area contributed by atoms with Crippen LogP contribution in [0.1, 0.15) is 52.0 Å². The van der Waals surface area contributed by atoms with E-state index in [1.807, 2.05) is 18.7 Å². The predicted molar refractivity (Wildman–Crippen MR) is 94.3 cm³/mol. The number of amides is 1. The van der Waals surface area contributed by atoms with Crippen molar-refractivity contribution in [3.05, 3.63) is 29.8 Å². The van der Waals surface area contributed by atoms with Crippen LogP contribution in [0.15, 0.2) is 29.2 Å². The molecular formula is C18H28N2OS. The summed E-state index contributed by atoms with van der Waals surface area (Å²) in [4.78, 5) is 15.9. The molecule has 1 aliphatic rings. The van der Waals surface area contributed by atoms with Crippen LogP contribution in [0.5, 0.6) is 0 Å². The molecule has 4 heteroatoms. The Balaban J connectivity index is 2.01. The van der Waals surface area contributed by atoms with Gasteiger partial charge in [0.15, 0.2) is 0 Å². The van der Waals surface area contributed by atoms with Crippen LogP contribution < -0.4 is 5.73 Å². The number of thioether (sulfide) groups is 1. The minimum absolute atomic E-state index is 0.220. The second kappa shape index (κ2) is 7.05. The molecule has 1 aliphatic heterocycles. The van der Waals surface area contributed by atoms with Crippen molar-refractivity contribution in [1.82, 2.24) is 4.90 Å². The van der Waals surface area contributed by atoms with Gasteiger partial charge in [0.1, 0.15) is 0 Å². The molecule has 2 rings (SSSR count). The molecule has 0 spiro atoms. The molecule has 0 atom stereocenters. The van der Waals surface area contributed by atoms with E-state index in [4.69, 9.17) is 5.73 Å². The van der Waals surface area contributed by atoms with E-state index in [-0.39, 0.29) is 11.9 Å². The highest BCUT2D eigenvalue weighted by Crippen LogP contribution is 2.35. The van der Waals surface area contributed by atoms with Gasteiger partial charge in [0, 0.05) is 24.0 Å². The number of benzene rings is 1. The first-order valence-corrected chi connectivity index (χ1v) is 8.95. The first-order valence-electron chi connectivity index (χ1n) is 8.13. The van der Waals surface area contributed by atoms with Crippen LogP contribution in [0.4, 0.5) is 0 Å². The normalized spacial score (nSPS) is 17.1. The van der Waals surface area contributed by atoms with Gasteiger partial charge in [-0.1, -0.05) is 26.0 Å². The van der Waals surface area contributed by atoms with Gasteiger partial charge in [0.05, 0.1) is 4.75 Å². The van der Waals surface area contributed by atoms with Crippen LogP contribution in [0, 0.1) is 0 Å². The van der Waals surface area contributed by atoms with Gasteiger partial charge in [-0.3, -0.25) is 4.79 Å². The Morgan fingerprint density at radius 2 is 1.77 bits per heavy atom. The van der Waals surface area contributed by atoms with Crippen LogP contribution in [0.2, 0.25) is 0 Å². The fraction of sp³-hybridized carbons (Fsp3) is 0.611. The lowest BCUT2D eigenvalue weighted by Crippen LogP contribution is -2.49. The van der Waals surface area contributed by atoms with Gasteiger partial charge in [-0.05, 0) is 50.3 Å². The summed E-state index contributed by atoms with van der Waals surface area (Å²) in [7, 11) is 0. The highest BCUT2D eigenvalue weighted by atomic mass is 32.2. The van der Waals surface area contributed by atoms with E-state index in [2.05, 4.69) is 38.1 Å². The summed E-state index contributed by atoms with van der Waals surface area (Å²) in [6.07, 6.45) is 1.82. The summed E-state index contributed by atoms with van der Waals surface area (Å²) in [5.74, 6) is 0.753. The molecule has 1 heterocycles. The van der Waals surface area contributed by atoms with Gasteiger partial charge >= 0.3 is 0 Å². The summed E-state index contributed by atoms with van der Waals surface area (Å²) < 4.78 is -0.444. The first-order chi connectivity index (χ1) is 10.3. The number of hydrogen-bond acceptors (Lipinski definition) is 3. The van der Waals surface area contributed by atoms with Crippen molar-refractivity contribution in [2.45, 2.75) is 62.1 Å². The zero-order valence-corrected chi connectivity index (χ0v) is 15.0. The molecule has 1 aromatic carbocycles. The number of hydrogen-bond donors (Lipinski definition) is 1. The fourth-order valence-electron chi connectivity index (χ4n) is 2.74. The molecule has 3 nitrogen and oxygen atoms in total. The molecule has 1 saturated heterocycles. The molecule has 22 heavy (non-hydrogen) atoms. The predicted octanol–water partition coefficient (Wildman–Crippen LogP) is 3.63. The van der Waals surface area contributed by atoms with Gasteiger partial charge in [-0.15, -0.1) is 11.8 Å². The third-order valence-electron chi connectivity index (χ3n) is 4.26. The molecular weight excluding hydrogens is 292 g/mol. The summed E-state index contributed by atoms with van der Waals surface area (Å²) in [6.45, 7) is 10.00. The van der Waals surface area contributed by atoms with E-state index in [1.165, 1.54) is 5.56 Å². The average Bonchev–Trinajstić information content (AvgIpc) is 2.47. The number of carbonyl (C=O) groups is 1. The molecule has 0 unspecified atom stereocenters. The molecule has 0 aromatic heterocycles. The molecule has 1 amide bonds.